The Hall–Kier alpha value is -9.56. The van der Waals surface area contributed by atoms with E-state index in [2.05, 4.69) is 304 Å². The largest absolute Gasteiger partial charge is 0.310 e. The van der Waals surface area contributed by atoms with E-state index < -0.39 is 10.8 Å². The molecule has 4 aliphatic rings. The van der Waals surface area contributed by atoms with Crippen LogP contribution in [0.25, 0.3) is 66.8 Å². The lowest BCUT2D eigenvalue weighted by atomic mass is 9.67. The van der Waals surface area contributed by atoms with Gasteiger partial charge in [-0.2, -0.15) is 0 Å². The fraction of sp³-hybridized carbons (Fsp3) is 0.0649. The van der Waals surface area contributed by atoms with Crippen LogP contribution in [-0.2, 0) is 16.2 Å². The van der Waals surface area contributed by atoms with Crippen molar-refractivity contribution in [2.45, 2.75) is 30.1 Å². The second kappa shape index (κ2) is 16.7. The Bertz CT molecular complexity index is 4360. The molecule has 0 bridgehead atoms. The second-order valence-corrected chi connectivity index (χ2v) is 22.2. The summed E-state index contributed by atoms with van der Waals surface area (Å²) in [5, 5.41) is 0. The van der Waals surface area contributed by atoms with E-state index in [-0.39, 0.29) is 5.41 Å². The molecule has 0 aromatic heterocycles. The summed E-state index contributed by atoms with van der Waals surface area (Å²) in [5.74, 6) is 0. The number of rotatable bonds is 7. The van der Waals surface area contributed by atoms with Crippen molar-refractivity contribution < 1.29 is 0 Å². The molecule has 0 saturated carbocycles. The van der Waals surface area contributed by atoms with Crippen LogP contribution in [0.15, 0.2) is 285 Å². The van der Waals surface area contributed by atoms with Gasteiger partial charge in [-0.15, -0.1) is 0 Å². The van der Waals surface area contributed by atoms with E-state index in [9.17, 15) is 0 Å². The molecule has 366 valence electrons. The third kappa shape index (κ3) is 5.96. The van der Waals surface area contributed by atoms with Gasteiger partial charge in [0.1, 0.15) is 0 Å². The highest BCUT2D eigenvalue weighted by atomic mass is 15.1. The Morgan fingerprint density at radius 3 is 1.33 bits per heavy atom. The molecule has 0 fully saturated rings. The SMILES string of the molecule is CC1(C)c2ccccc2-c2ccc(-c3ccc(N(c4ccc5c(c4)C(c4ccccc4)(c4ccccc4)c4ccccc4-5)c4cccc5c4-c4ccccc4C54c5ccccc5-c5c(-c6ccccc6)cccc54)cc3)cc21. The van der Waals surface area contributed by atoms with Crippen molar-refractivity contribution in [1.82, 2.24) is 0 Å². The summed E-state index contributed by atoms with van der Waals surface area (Å²) in [4.78, 5) is 2.56. The maximum atomic E-state index is 2.56. The van der Waals surface area contributed by atoms with Gasteiger partial charge >= 0.3 is 0 Å². The molecular formula is C77H53N. The highest BCUT2D eigenvalue weighted by Crippen LogP contribution is 2.66. The standard InChI is InChI=1S/C77H53N/c1-75(2)64-33-16-12-28-58(64)60-46-42-52(48-70(60)75)50-40-43-55(44-41-50)78(56-45-47-61-59-29-13-17-34-65(59)76(71(61)49-56,53-24-8-4-9-25-53)54-26-10-5-11-27-54)72-39-21-38-69-74(72)63-31-15-19-36-67(63)77(69)66-35-18-14-30-62(66)73-57(32-20-37-68(73)77)51-22-6-3-7-23-51/h3-49H,1-2H3. The van der Waals surface area contributed by atoms with Crippen molar-refractivity contribution in [1.29, 1.82) is 0 Å². The third-order valence-corrected chi connectivity index (χ3v) is 18.2. The van der Waals surface area contributed by atoms with Crippen LogP contribution in [0, 0.1) is 0 Å². The molecular weight excluding hydrogens is 939 g/mol. The highest BCUT2D eigenvalue weighted by molar-refractivity contribution is 6.04. The van der Waals surface area contributed by atoms with Gasteiger partial charge in [0.05, 0.1) is 16.5 Å². The van der Waals surface area contributed by atoms with E-state index in [0.717, 1.165) is 17.1 Å². The maximum Gasteiger partial charge on any atom is 0.0726 e. The van der Waals surface area contributed by atoms with Gasteiger partial charge in [-0.25, -0.2) is 0 Å². The molecule has 16 rings (SSSR count). The molecule has 0 aliphatic heterocycles. The summed E-state index contributed by atoms with van der Waals surface area (Å²) in [7, 11) is 0. The predicted octanol–water partition coefficient (Wildman–Crippen LogP) is 19.5. The molecule has 1 spiro atoms. The summed E-state index contributed by atoms with van der Waals surface area (Å²) < 4.78 is 0. The van der Waals surface area contributed by atoms with Crippen LogP contribution in [0.2, 0.25) is 0 Å². The predicted molar refractivity (Wildman–Crippen MR) is 323 cm³/mol. The minimum absolute atomic E-state index is 0.0918. The zero-order valence-electron chi connectivity index (χ0n) is 43.6. The van der Waals surface area contributed by atoms with Crippen LogP contribution < -0.4 is 4.90 Å². The number of hydrogen-bond donors (Lipinski definition) is 0. The first-order chi connectivity index (χ1) is 38.5. The van der Waals surface area contributed by atoms with Gasteiger partial charge in [0.2, 0.25) is 0 Å². The molecule has 12 aromatic carbocycles. The summed E-state index contributed by atoms with van der Waals surface area (Å²) >= 11 is 0. The van der Waals surface area contributed by atoms with Crippen LogP contribution >= 0.6 is 0 Å². The number of anilines is 3. The molecule has 78 heavy (non-hydrogen) atoms. The lowest BCUT2D eigenvalue weighted by molar-refractivity contribution is 0.660. The number of hydrogen-bond acceptors (Lipinski definition) is 1. The molecule has 0 N–H and O–H groups in total. The van der Waals surface area contributed by atoms with E-state index in [1.807, 2.05) is 0 Å². The van der Waals surface area contributed by atoms with Crippen LogP contribution in [0.4, 0.5) is 17.1 Å². The van der Waals surface area contributed by atoms with Gasteiger partial charge in [-0.1, -0.05) is 263 Å². The van der Waals surface area contributed by atoms with E-state index in [0.29, 0.717) is 0 Å². The summed E-state index contributed by atoms with van der Waals surface area (Å²) in [6.45, 7) is 4.74. The summed E-state index contributed by atoms with van der Waals surface area (Å²) in [6, 6.07) is 108. The van der Waals surface area contributed by atoms with Crippen LogP contribution in [0.3, 0.4) is 0 Å². The molecule has 1 nitrogen and oxygen atoms in total. The lowest BCUT2D eigenvalue weighted by Gasteiger charge is -2.35. The fourth-order valence-electron chi connectivity index (χ4n) is 14.9. The minimum Gasteiger partial charge on any atom is -0.310 e. The van der Waals surface area contributed by atoms with E-state index in [1.165, 1.54) is 122 Å². The molecule has 1 heteroatoms. The maximum absolute atomic E-state index is 2.56. The van der Waals surface area contributed by atoms with Crippen LogP contribution in [0.5, 0.6) is 0 Å². The fourth-order valence-corrected chi connectivity index (χ4v) is 14.9. The molecule has 12 aromatic rings. The third-order valence-electron chi connectivity index (χ3n) is 18.2. The Morgan fingerprint density at radius 1 is 0.244 bits per heavy atom. The topological polar surface area (TPSA) is 3.24 Å². The molecule has 0 heterocycles. The van der Waals surface area contributed by atoms with Crippen molar-refractivity contribution >= 4 is 17.1 Å². The van der Waals surface area contributed by atoms with Gasteiger partial charge < -0.3 is 4.90 Å². The number of benzene rings is 12. The van der Waals surface area contributed by atoms with Crippen molar-refractivity contribution in [2.24, 2.45) is 0 Å². The van der Waals surface area contributed by atoms with Crippen molar-refractivity contribution in [3.63, 3.8) is 0 Å². The van der Waals surface area contributed by atoms with Gasteiger partial charge in [0.25, 0.3) is 0 Å². The Labute approximate surface area is 457 Å². The molecule has 4 aliphatic carbocycles. The number of nitrogens with zero attached hydrogens (tertiary/aromatic N) is 1. The zero-order valence-corrected chi connectivity index (χ0v) is 43.6. The quantitative estimate of drug-likeness (QED) is 0.154. The first-order valence-corrected chi connectivity index (χ1v) is 27.5. The van der Waals surface area contributed by atoms with E-state index >= 15 is 0 Å². The number of fused-ring (bicyclic) bond motifs is 16. The summed E-state index contributed by atoms with van der Waals surface area (Å²) in [6.07, 6.45) is 0. The average molecular weight is 992 g/mol. The van der Waals surface area contributed by atoms with Crippen molar-refractivity contribution in [2.75, 3.05) is 4.90 Å². The van der Waals surface area contributed by atoms with E-state index in [1.54, 1.807) is 0 Å². The monoisotopic (exact) mass is 991 g/mol. The lowest BCUT2D eigenvalue weighted by Crippen LogP contribution is -2.28. The van der Waals surface area contributed by atoms with Gasteiger partial charge in [-0.3, -0.25) is 0 Å². The smallest absolute Gasteiger partial charge is 0.0726 e. The highest BCUT2D eigenvalue weighted by Gasteiger charge is 2.53. The van der Waals surface area contributed by atoms with Gasteiger partial charge in [0.15, 0.2) is 0 Å². The van der Waals surface area contributed by atoms with E-state index in [4.69, 9.17) is 0 Å². The molecule has 0 amide bonds. The van der Waals surface area contributed by atoms with Gasteiger partial charge in [0, 0.05) is 22.4 Å². The molecule has 0 saturated heterocycles. The van der Waals surface area contributed by atoms with Crippen molar-refractivity contribution in [3.8, 4) is 66.8 Å². The molecule has 1 unspecified atom stereocenters. The Kier molecular flexibility index (Phi) is 9.58. The zero-order chi connectivity index (χ0) is 51.7. The normalized spacial score (nSPS) is 15.8. The second-order valence-electron chi connectivity index (χ2n) is 22.2. The first-order valence-electron chi connectivity index (χ1n) is 27.5. The molecule has 0 radical (unpaired) electrons. The van der Waals surface area contributed by atoms with Gasteiger partial charge in [-0.05, 0) is 153 Å². The first kappa shape index (κ1) is 44.7. The van der Waals surface area contributed by atoms with Crippen LogP contribution in [0.1, 0.15) is 69.5 Å². The van der Waals surface area contributed by atoms with Crippen LogP contribution in [-0.4, -0.2) is 0 Å². The average Bonchev–Trinajstić information content (AvgIpc) is 4.11. The summed E-state index contributed by atoms with van der Waals surface area (Å²) in [5.41, 5.74) is 30.5. The Morgan fingerprint density at radius 2 is 0.679 bits per heavy atom. The Balaban J connectivity index is 0.946. The van der Waals surface area contributed by atoms with Crippen molar-refractivity contribution in [3.05, 3.63) is 341 Å². The minimum atomic E-state index is -0.565. The molecule has 1 atom stereocenters.